The standard InChI is InChI=1S/C18H22O4/c19-13(7-6-12-4-2-1-3-5-12)8-9-14-15-10-18(21)22-17(15)11-16(14)20/h1-5,8-9,13-17,19-20H,6-7,10-11H2/t13?,14-,15-,16-,17?/m1/s1. The number of aliphatic hydroxyl groups is 2. The van der Waals surface area contributed by atoms with Crippen molar-refractivity contribution in [3.63, 3.8) is 0 Å². The van der Waals surface area contributed by atoms with Crippen LogP contribution >= 0.6 is 0 Å². The number of hydrogen-bond donors (Lipinski definition) is 2. The lowest BCUT2D eigenvalue weighted by atomic mass is 9.91. The second-order valence-corrected chi connectivity index (χ2v) is 6.25. The molecule has 2 unspecified atom stereocenters. The maximum absolute atomic E-state index is 11.3. The first-order valence-corrected chi connectivity index (χ1v) is 7.91. The van der Waals surface area contributed by atoms with Crippen molar-refractivity contribution in [3.05, 3.63) is 48.0 Å². The minimum atomic E-state index is -0.538. The third-order valence-corrected chi connectivity index (χ3v) is 4.70. The SMILES string of the molecule is O=C1C[C@H]2C(C[C@@H](O)[C@@H]2C=CC(O)CCc2ccccc2)O1. The molecule has 0 aromatic heterocycles. The summed E-state index contributed by atoms with van der Waals surface area (Å²) in [5.74, 6) is -0.215. The largest absolute Gasteiger partial charge is 0.462 e. The molecule has 4 heteroatoms. The van der Waals surface area contributed by atoms with Gasteiger partial charge in [0.15, 0.2) is 0 Å². The number of aryl methyl sites for hydroxylation is 1. The predicted molar refractivity (Wildman–Crippen MR) is 82.0 cm³/mol. The van der Waals surface area contributed by atoms with Crippen molar-refractivity contribution < 1.29 is 19.7 Å². The summed E-state index contributed by atoms with van der Waals surface area (Å²) in [6, 6.07) is 10.0. The summed E-state index contributed by atoms with van der Waals surface area (Å²) in [5, 5.41) is 20.2. The van der Waals surface area contributed by atoms with Gasteiger partial charge in [-0.1, -0.05) is 42.5 Å². The van der Waals surface area contributed by atoms with Gasteiger partial charge in [0.25, 0.3) is 0 Å². The maximum atomic E-state index is 11.3. The average Bonchev–Trinajstić information content (AvgIpc) is 2.99. The number of benzene rings is 1. The highest BCUT2D eigenvalue weighted by atomic mass is 16.6. The summed E-state index contributed by atoms with van der Waals surface area (Å²) in [7, 11) is 0. The van der Waals surface area contributed by atoms with Crippen molar-refractivity contribution in [3.8, 4) is 0 Å². The predicted octanol–water partition coefficient (Wildman–Crippen LogP) is 1.85. The molecule has 1 aromatic rings. The lowest BCUT2D eigenvalue weighted by molar-refractivity contribution is -0.141. The molecule has 0 bridgehead atoms. The number of esters is 1. The van der Waals surface area contributed by atoms with Gasteiger partial charge in [-0.2, -0.15) is 0 Å². The van der Waals surface area contributed by atoms with E-state index in [9.17, 15) is 15.0 Å². The molecule has 22 heavy (non-hydrogen) atoms. The first kappa shape index (κ1) is 15.3. The van der Waals surface area contributed by atoms with Crippen LogP contribution in [0.25, 0.3) is 0 Å². The highest BCUT2D eigenvalue weighted by molar-refractivity contribution is 5.72. The molecule has 2 fully saturated rings. The molecule has 1 aromatic carbocycles. The van der Waals surface area contributed by atoms with Crippen LogP contribution in [-0.2, 0) is 16.0 Å². The van der Waals surface area contributed by atoms with Crippen molar-refractivity contribution in [1.29, 1.82) is 0 Å². The molecule has 118 valence electrons. The van der Waals surface area contributed by atoms with Crippen LogP contribution in [0.4, 0.5) is 0 Å². The van der Waals surface area contributed by atoms with Gasteiger partial charge in [-0.15, -0.1) is 0 Å². The molecule has 4 nitrogen and oxygen atoms in total. The molecule has 0 spiro atoms. The number of ether oxygens (including phenoxy) is 1. The van der Waals surface area contributed by atoms with Gasteiger partial charge in [-0.3, -0.25) is 4.79 Å². The second-order valence-electron chi connectivity index (χ2n) is 6.25. The summed E-state index contributed by atoms with van der Waals surface area (Å²) in [5.41, 5.74) is 1.20. The van der Waals surface area contributed by atoms with E-state index in [0.717, 1.165) is 6.42 Å². The number of hydrogen-bond acceptors (Lipinski definition) is 4. The molecular formula is C18H22O4. The molecular weight excluding hydrogens is 280 g/mol. The number of fused-ring (bicyclic) bond motifs is 1. The van der Waals surface area contributed by atoms with Crippen molar-refractivity contribution >= 4 is 5.97 Å². The summed E-state index contributed by atoms with van der Waals surface area (Å²) in [6.45, 7) is 0. The third kappa shape index (κ3) is 3.39. The third-order valence-electron chi connectivity index (χ3n) is 4.70. The Kier molecular flexibility index (Phi) is 4.60. The van der Waals surface area contributed by atoms with E-state index in [-0.39, 0.29) is 23.9 Å². The lowest BCUT2D eigenvalue weighted by Gasteiger charge is -2.15. The second kappa shape index (κ2) is 6.63. The molecule has 0 radical (unpaired) electrons. The van der Waals surface area contributed by atoms with E-state index >= 15 is 0 Å². The van der Waals surface area contributed by atoms with Crippen molar-refractivity contribution in [2.45, 2.75) is 44.0 Å². The fourth-order valence-corrected chi connectivity index (χ4v) is 3.50. The van der Waals surface area contributed by atoms with E-state index < -0.39 is 12.2 Å². The van der Waals surface area contributed by atoms with Gasteiger partial charge in [0.1, 0.15) is 6.10 Å². The van der Waals surface area contributed by atoms with Gasteiger partial charge in [0.05, 0.1) is 18.6 Å². The van der Waals surface area contributed by atoms with Gasteiger partial charge in [-0.25, -0.2) is 0 Å². The van der Waals surface area contributed by atoms with Crippen LogP contribution in [0.5, 0.6) is 0 Å². The van der Waals surface area contributed by atoms with E-state index in [4.69, 9.17) is 4.74 Å². The fraction of sp³-hybridized carbons (Fsp3) is 0.500. The molecule has 2 aliphatic rings. The Labute approximate surface area is 130 Å². The number of carbonyl (C=O) groups is 1. The van der Waals surface area contributed by atoms with Crippen LogP contribution in [0.1, 0.15) is 24.8 Å². The average molecular weight is 302 g/mol. The fourth-order valence-electron chi connectivity index (χ4n) is 3.50. The van der Waals surface area contributed by atoms with Crippen LogP contribution in [0, 0.1) is 11.8 Å². The van der Waals surface area contributed by atoms with E-state index in [1.807, 2.05) is 36.4 Å². The van der Waals surface area contributed by atoms with Gasteiger partial charge in [0.2, 0.25) is 0 Å². The summed E-state index contributed by atoms with van der Waals surface area (Å²) >= 11 is 0. The Balaban J connectivity index is 1.53. The van der Waals surface area contributed by atoms with Crippen LogP contribution in [0.3, 0.4) is 0 Å². The van der Waals surface area contributed by atoms with Crippen LogP contribution in [0.15, 0.2) is 42.5 Å². The van der Waals surface area contributed by atoms with Crippen molar-refractivity contribution in [2.24, 2.45) is 11.8 Å². The molecule has 1 saturated heterocycles. The zero-order valence-corrected chi connectivity index (χ0v) is 12.5. The van der Waals surface area contributed by atoms with Gasteiger partial charge in [-0.05, 0) is 18.4 Å². The number of aliphatic hydroxyl groups excluding tert-OH is 2. The molecule has 1 aliphatic carbocycles. The lowest BCUT2D eigenvalue weighted by Crippen LogP contribution is -2.18. The molecule has 1 heterocycles. The molecule has 1 saturated carbocycles. The van der Waals surface area contributed by atoms with E-state index in [1.165, 1.54) is 5.56 Å². The number of carbonyl (C=O) groups excluding carboxylic acids is 1. The first-order chi connectivity index (χ1) is 10.6. The Morgan fingerprint density at radius 1 is 1.32 bits per heavy atom. The molecule has 3 rings (SSSR count). The highest BCUT2D eigenvalue weighted by Crippen LogP contribution is 2.42. The van der Waals surface area contributed by atoms with E-state index in [2.05, 4.69) is 0 Å². The highest BCUT2D eigenvalue weighted by Gasteiger charge is 2.48. The maximum Gasteiger partial charge on any atom is 0.306 e. The van der Waals surface area contributed by atoms with E-state index in [1.54, 1.807) is 6.08 Å². The molecule has 0 amide bonds. The van der Waals surface area contributed by atoms with Crippen molar-refractivity contribution in [1.82, 2.24) is 0 Å². The quantitative estimate of drug-likeness (QED) is 0.643. The zero-order chi connectivity index (χ0) is 15.5. The minimum absolute atomic E-state index is 0.0556. The summed E-state index contributed by atoms with van der Waals surface area (Å²) < 4.78 is 5.20. The monoisotopic (exact) mass is 302 g/mol. The Morgan fingerprint density at radius 3 is 2.86 bits per heavy atom. The van der Waals surface area contributed by atoms with Gasteiger partial charge < -0.3 is 14.9 Å². The molecule has 1 aliphatic heterocycles. The van der Waals surface area contributed by atoms with Gasteiger partial charge >= 0.3 is 5.97 Å². The first-order valence-electron chi connectivity index (χ1n) is 7.91. The molecule has 5 atom stereocenters. The summed E-state index contributed by atoms with van der Waals surface area (Å²) in [4.78, 5) is 11.3. The smallest absolute Gasteiger partial charge is 0.306 e. The molecule has 2 N–H and O–H groups in total. The van der Waals surface area contributed by atoms with Crippen LogP contribution in [0.2, 0.25) is 0 Å². The van der Waals surface area contributed by atoms with Crippen LogP contribution in [-0.4, -0.2) is 34.5 Å². The Hall–Kier alpha value is -1.65. The Bertz CT molecular complexity index is 539. The zero-order valence-electron chi connectivity index (χ0n) is 12.5. The topological polar surface area (TPSA) is 66.8 Å². The normalized spacial score (nSPS) is 32.2. The van der Waals surface area contributed by atoms with Crippen LogP contribution < -0.4 is 0 Å². The van der Waals surface area contributed by atoms with Gasteiger partial charge in [0, 0.05) is 18.3 Å². The van der Waals surface area contributed by atoms with E-state index in [0.29, 0.717) is 19.3 Å². The number of rotatable bonds is 5. The Morgan fingerprint density at radius 2 is 2.09 bits per heavy atom. The van der Waals surface area contributed by atoms with Crippen molar-refractivity contribution in [2.75, 3.05) is 0 Å². The minimum Gasteiger partial charge on any atom is -0.462 e. The summed E-state index contributed by atoms with van der Waals surface area (Å²) in [6.07, 6.45) is 4.78.